The molecular formula is C77H92BN3OS. The zero-order valence-electron chi connectivity index (χ0n) is 55.3. The highest BCUT2D eigenvalue weighted by atomic mass is 32.1. The number of fused-ring (bicyclic) bond motifs is 11. The van der Waals surface area contributed by atoms with E-state index in [1.54, 1.807) is 6.08 Å². The van der Waals surface area contributed by atoms with E-state index in [-0.39, 0.29) is 63.0 Å². The standard InChI is InChI=1S/C77H92BN3OS/c1-18-25-49(19-2)80(50-26-22-21-23-27-50)51-41-64-68-65(42-51)81(62-29-24-28-52-54-40-48(72(5,6)7)30-31-66(54)82-70(52)62)63-45-58-53(47(4)32-34-73(58,8)9)44-61(63)78(68)71-69(79(64)39-33-57-56(20-3)74(10,11)35-36-75(57,12)13)55-43-59-60(46-67(55)83-71)77(16,17)38-37-76(59,14)15/h18-24,26,29-31,33,39-47,49-50,52,56-57H,1-3,25,27-28,32,34-38H2,4-17H3/b39-33+/i1D,2D,25D/b18-1?,19-2?,39-33+. The van der Waals surface area contributed by atoms with Gasteiger partial charge in [0.2, 0.25) is 0 Å². The van der Waals surface area contributed by atoms with E-state index >= 15 is 0 Å². The number of anilines is 5. The number of allylic oxidation sites excluding steroid dienone is 7. The zero-order valence-corrected chi connectivity index (χ0v) is 53.2. The molecule has 0 N–H and O–H groups in total. The fourth-order valence-electron chi connectivity index (χ4n) is 16.5. The van der Waals surface area contributed by atoms with E-state index in [2.05, 4.69) is 228 Å². The molecule has 0 amide bonds. The van der Waals surface area contributed by atoms with Gasteiger partial charge >= 0.3 is 0 Å². The lowest BCUT2D eigenvalue weighted by molar-refractivity contribution is 0.0346. The number of rotatable bonds is 10. The van der Waals surface area contributed by atoms with Crippen LogP contribution in [0.15, 0.2) is 153 Å². The Balaban J connectivity index is 1.18. The van der Waals surface area contributed by atoms with E-state index in [1.807, 2.05) is 17.4 Å². The van der Waals surface area contributed by atoms with Gasteiger partial charge in [-0.25, -0.2) is 0 Å². The van der Waals surface area contributed by atoms with Crippen LogP contribution in [0.1, 0.15) is 204 Å². The van der Waals surface area contributed by atoms with Gasteiger partial charge in [0.25, 0.3) is 6.71 Å². The first kappa shape index (κ1) is 52.6. The highest BCUT2D eigenvalue weighted by molar-refractivity contribution is 7.33. The van der Waals surface area contributed by atoms with Gasteiger partial charge in [0, 0.05) is 50.7 Å². The van der Waals surface area contributed by atoms with Crippen molar-refractivity contribution < 1.29 is 8.85 Å². The van der Waals surface area contributed by atoms with E-state index in [4.69, 9.17) is 7.48 Å². The Labute approximate surface area is 507 Å². The smallest absolute Gasteiger partial charge is 0.264 e. The molecule has 5 aromatic rings. The number of thiophene rings is 1. The van der Waals surface area contributed by atoms with E-state index in [0.29, 0.717) is 5.92 Å². The van der Waals surface area contributed by atoms with Gasteiger partial charge in [-0.2, -0.15) is 0 Å². The lowest BCUT2D eigenvalue weighted by Gasteiger charge is -2.50. The molecule has 6 heteroatoms. The fraction of sp³-hybridized carbons (Fsp3) is 0.455. The molecule has 1 fully saturated rings. The summed E-state index contributed by atoms with van der Waals surface area (Å²) in [5, 5.41) is 1.31. The molecule has 0 bridgehead atoms. The maximum Gasteiger partial charge on any atom is 0.264 e. The van der Waals surface area contributed by atoms with Crippen molar-refractivity contribution in [3.05, 3.63) is 186 Å². The lowest BCUT2D eigenvalue weighted by Crippen LogP contribution is -2.61. The summed E-state index contributed by atoms with van der Waals surface area (Å²) in [6.07, 6.45) is 31.9. The Bertz CT molecular complexity index is 3840. The summed E-state index contributed by atoms with van der Waals surface area (Å²) < 4.78 is 36.9. The van der Waals surface area contributed by atoms with Gasteiger partial charge in [-0.3, -0.25) is 0 Å². The van der Waals surface area contributed by atoms with Crippen molar-refractivity contribution in [3.8, 4) is 5.75 Å². The third kappa shape index (κ3) is 8.84. The summed E-state index contributed by atoms with van der Waals surface area (Å²) in [4.78, 5) is 7.65. The van der Waals surface area contributed by atoms with Gasteiger partial charge in [-0.1, -0.05) is 170 Å². The van der Waals surface area contributed by atoms with Crippen LogP contribution in [0.4, 0.5) is 28.4 Å². The molecule has 430 valence electrons. The molecule has 1 saturated carbocycles. The molecule has 4 nitrogen and oxygen atoms in total. The van der Waals surface area contributed by atoms with Gasteiger partial charge in [0.15, 0.2) is 0 Å². The SMILES string of the molecule is [2H]C=CC([2H])C(C=C[2H])N(c1cc2c3c(c1)N(C1=C4Oc5ccc(C(C)(C)C)cc5C4CC=C1)c1cc4c(cc1B3c1sc3cc5c(cc3c1N2/C=C/C1C(C=C)C(C)(C)CCC1(C)C)C(C)(C)CCC5(C)C)C(C)CCC4(C)C)C1C=CC=CC1. The third-order valence-electron chi connectivity index (χ3n) is 22.0. The minimum atomic E-state index is -0.827. The van der Waals surface area contributed by atoms with Crippen LogP contribution in [0.25, 0.3) is 10.1 Å². The van der Waals surface area contributed by atoms with Crippen LogP contribution in [0.3, 0.4) is 0 Å². The number of benzene rings is 4. The summed E-state index contributed by atoms with van der Waals surface area (Å²) in [5.41, 5.74) is 17.8. The molecule has 1 aromatic heterocycles. The Hall–Kier alpha value is -5.98. The van der Waals surface area contributed by atoms with Crippen molar-refractivity contribution in [2.45, 2.75) is 200 Å². The Morgan fingerprint density at radius 3 is 2.25 bits per heavy atom. The topological polar surface area (TPSA) is 19.0 Å². The van der Waals surface area contributed by atoms with Crippen molar-refractivity contribution >= 4 is 72.3 Å². The summed E-state index contributed by atoms with van der Waals surface area (Å²) >= 11 is 2.02. The van der Waals surface area contributed by atoms with Crippen LogP contribution in [-0.4, -0.2) is 18.8 Å². The minimum Gasteiger partial charge on any atom is -0.459 e. The van der Waals surface area contributed by atoms with E-state index in [0.717, 1.165) is 85.6 Å². The molecule has 5 aliphatic carbocycles. The Morgan fingerprint density at radius 1 is 0.807 bits per heavy atom. The maximum atomic E-state index is 9.83. The molecule has 4 heterocycles. The predicted octanol–water partition coefficient (Wildman–Crippen LogP) is 19.1. The first-order valence-corrected chi connectivity index (χ1v) is 32.3. The number of hydrogen-bond acceptors (Lipinski definition) is 5. The number of nitrogens with zero attached hydrogens (tertiary/aromatic N) is 3. The molecule has 0 spiro atoms. The minimum absolute atomic E-state index is 0.00401. The lowest BCUT2D eigenvalue weighted by atomic mass is 9.35. The van der Waals surface area contributed by atoms with Gasteiger partial charge in [-0.05, 0) is 189 Å². The molecule has 8 aliphatic rings. The van der Waals surface area contributed by atoms with Gasteiger partial charge in [-0.15, -0.1) is 31.0 Å². The molecular weight excluding hydrogens is 1030 g/mol. The fourth-order valence-corrected chi connectivity index (χ4v) is 17.8. The maximum absolute atomic E-state index is 9.83. The van der Waals surface area contributed by atoms with Crippen LogP contribution < -0.4 is 35.1 Å². The zero-order chi connectivity index (χ0) is 60.9. The van der Waals surface area contributed by atoms with Crippen LogP contribution in [0.5, 0.6) is 5.75 Å². The second-order valence-electron chi connectivity index (χ2n) is 30.6. The second kappa shape index (κ2) is 19.5. The molecule has 0 radical (unpaired) electrons. The quantitative estimate of drug-likeness (QED) is 0.102. The second-order valence-corrected chi connectivity index (χ2v) is 31.7. The van der Waals surface area contributed by atoms with E-state index in [1.165, 1.54) is 83.7 Å². The summed E-state index contributed by atoms with van der Waals surface area (Å²) in [6, 6.07) is 21.6. The van der Waals surface area contributed by atoms with E-state index < -0.39 is 12.4 Å². The van der Waals surface area contributed by atoms with Crippen LogP contribution in [-0.2, 0) is 21.7 Å². The molecule has 13 rings (SSSR count). The molecule has 3 aliphatic heterocycles. The van der Waals surface area contributed by atoms with Crippen molar-refractivity contribution in [2.75, 3.05) is 14.7 Å². The number of hydrogen-bond donors (Lipinski definition) is 0. The van der Waals surface area contributed by atoms with E-state index in [9.17, 15) is 1.37 Å². The first-order chi connectivity index (χ1) is 40.7. The van der Waals surface area contributed by atoms with Crippen molar-refractivity contribution in [1.82, 2.24) is 0 Å². The van der Waals surface area contributed by atoms with Crippen molar-refractivity contribution in [1.29, 1.82) is 0 Å². The Kier molecular flexibility index (Phi) is 12.4. The summed E-state index contributed by atoms with van der Waals surface area (Å²) in [5.74, 6) is 2.85. The normalized spacial score (nSPS) is 26.8. The highest BCUT2D eigenvalue weighted by Gasteiger charge is 2.51. The largest absolute Gasteiger partial charge is 0.459 e. The molecule has 0 saturated heterocycles. The van der Waals surface area contributed by atoms with Crippen LogP contribution in [0, 0.1) is 22.7 Å². The predicted molar refractivity (Wildman–Crippen MR) is 360 cm³/mol. The van der Waals surface area contributed by atoms with Crippen molar-refractivity contribution in [3.63, 3.8) is 0 Å². The molecule has 4 aromatic carbocycles. The monoisotopic (exact) mass is 1120 g/mol. The Morgan fingerprint density at radius 2 is 1.54 bits per heavy atom. The number of ether oxygens (including phenoxy) is 1. The average Bonchev–Trinajstić information content (AvgIpc) is 1.39. The molecule has 7 unspecified atom stereocenters. The van der Waals surface area contributed by atoms with Gasteiger partial charge in [0.1, 0.15) is 11.5 Å². The van der Waals surface area contributed by atoms with Gasteiger partial charge < -0.3 is 19.4 Å². The summed E-state index contributed by atoms with van der Waals surface area (Å²) in [7, 11) is 0. The third-order valence-corrected chi connectivity index (χ3v) is 23.2. The highest BCUT2D eigenvalue weighted by Crippen LogP contribution is 2.57. The van der Waals surface area contributed by atoms with Gasteiger partial charge in [0.05, 0.1) is 32.1 Å². The summed E-state index contributed by atoms with van der Waals surface area (Å²) in [6.45, 7) is 41.1. The first-order valence-electron chi connectivity index (χ1n) is 33.2. The van der Waals surface area contributed by atoms with Crippen molar-refractivity contribution in [2.24, 2.45) is 22.7 Å². The van der Waals surface area contributed by atoms with Crippen LogP contribution >= 0.6 is 11.3 Å². The molecule has 83 heavy (non-hydrogen) atoms. The molecule has 7 atom stereocenters. The average molecular weight is 1120 g/mol. The van der Waals surface area contributed by atoms with Crippen LogP contribution in [0.2, 0.25) is 0 Å².